The number of hydrogen-bond acceptors (Lipinski definition) is 6. The van der Waals surface area contributed by atoms with Crippen molar-refractivity contribution in [3.8, 4) is 5.75 Å². The van der Waals surface area contributed by atoms with Gasteiger partial charge < -0.3 is 10.1 Å². The van der Waals surface area contributed by atoms with Gasteiger partial charge in [-0.25, -0.2) is 0 Å². The summed E-state index contributed by atoms with van der Waals surface area (Å²) in [4.78, 5) is 24.7. The van der Waals surface area contributed by atoms with Crippen LogP contribution in [0.25, 0.3) is 0 Å². The highest BCUT2D eigenvalue weighted by molar-refractivity contribution is 7.90. The van der Waals surface area contributed by atoms with Gasteiger partial charge >= 0.3 is 17.9 Å². The predicted molar refractivity (Wildman–Crippen MR) is 91.7 cm³/mol. The highest BCUT2D eigenvalue weighted by atomic mass is 32.2. The standard InChI is InChI=1S/C13H19N4O7PS/c1-24-10-6-4-9(5-7-10)12(18)15-11-3-2-8-17(13(11)19)25(14,20)16-26(21,22)23/h4-7,11H,2-3,8H2,1H3,(H,15,18)(H3,14,16,20)(H,21,22,23)/t11-,25?/m0/s1. The molecule has 0 bridgehead atoms. The number of carbonyl (C=O) groups is 2. The molecule has 0 spiro atoms. The summed E-state index contributed by atoms with van der Waals surface area (Å²) in [5, 5.41) is 2.50. The first-order valence-corrected chi connectivity index (χ1v) is 10.6. The van der Waals surface area contributed by atoms with Gasteiger partial charge in [0, 0.05) is 12.1 Å². The summed E-state index contributed by atoms with van der Waals surface area (Å²) in [6, 6.07) is 5.14. The van der Waals surface area contributed by atoms with Crippen molar-refractivity contribution in [2.45, 2.75) is 18.9 Å². The second-order valence-corrected chi connectivity index (χ2v) is 8.96. The Morgan fingerprint density at radius 3 is 2.54 bits per heavy atom. The van der Waals surface area contributed by atoms with Gasteiger partial charge in [0.15, 0.2) is 0 Å². The van der Waals surface area contributed by atoms with E-state index in [0.29, 0.717) is 16.8 Å². The van der Waals surface area contributed by atoms with E-state index in [1.807, 2.05) is 0 Å². The Hall–Kier alpha value is -1.98. The number of nitrogens with one attached hydrogen (secondary N) is 2. The number of hydrogen-bond donors (Lipinski definition) is 4. The maximum absolute atomic E-state index is 12.4. The van der Waals surface area contributed by atoms with Gasteiger partial charge in [-0.3, -0.25) is 28.9 Å². The molecule has 0 radical (unpaired) electrons. The highest BCUT2D eigenvalue weighted by Gasteiger charge is 2.40. The Morgan fingerprint density at radius 1 is 1.38 bits per heavy atom. The summed E-state index contributed by atoms with van der Waals surface area (Å²) in [5.74, 6) is -0.788. The quantitative estimate of drug-likeness (QED) is 0.374. The fourth-order valence-corrected chi connectivity index (χ4v) is 5.07. The number of nitrogens with zero attached hydrogens (tertiary/aromatic N) is 1. The monoisotopic (exact) mass is 406 g/mol. The molecule has 1 aromatic carbocycles. The van der Waals surface area contributed by atoms with Gasteiger partial charge in [0.1, 0.15) is 11.8 Å². The first-order chi connectivity index (χ1) is 12.0. The molecule has 0 aliphatic carbocycles. The summed E-state index contributed by atoms with van der Waals surface area (Å²) in [5.41, 5.74) is 5.67. The Labute approximate surface area is 150 Å². The lowest BCUT2D eigenvalue weighted by molar-refractivity contribution is -0.130. The lowest BCUT2D eigenvalue weighted by atomic mass is 10.1. The Bertz CT molecular complexity index is 843. The fourth-order valence-electron chi connectivity index (χ4n) is 2.49. The first kappa shape index (κ1) is 20.3. The van der Waals surface area contributed by atoms with Crippen molar-refractivity contribution in [1.82, 2.24) is 14.5 Å². The zero-order valence-electron chi connectivity index (χ0n) is 13.8. The van der Waals surface area contributed by atoms with Crippen LogP contribution in [0.15, 0.2) is 24.3 Å². The molecule has 26 heavy (non-hydrogen) atoms. The average molecular weight is 406 g/mol. The van der Waals surface area contributed by atoms with Gasteiger partial charge in [0.25, 0.3) is 11.8 Å². The molecule has 1 saturated heterocycles. The van der Waals surface area contributed by atoms with E-state index in [-0.39, 0.29) is 18.5 Å². The van der Waals surface area contributed by atoms with Crippen molar-refractivity contribution in [2.75, 3.05) is 13.7 Å². The molecular formula is C13H19N4O7PS. The lowest BCUT2D eigenvalue weighted by Gasteiger charge is -2.35. The Kier molecular flexibility index (Phi) is 6.04. The van der Waals surface area contributed by atoms with E-state index in [1.54, 1.807) is 12.1 Å². The van der Waals surface area contributed by atoms with Gasteiger partial charge in [-0.1, -0.05) is 0 Å². The number of benzene rings is 1. The molecule has 2 amide bonds. The second-order valence-electron chi connectivity index (χ2n) is 5.55. The average Bonchev–Trinajstić information content (AvgIpc) is 2.54. The Morgan fingerprint density at radius 2 is 2.00 bits per heavy atom. The highest BCUT2D eigenvalue weighted by Crippen LogP contribution is 2.40. The van der Waals surface area contributed by atoms with Gasteiger partial charge in [0.2, 0.25) is 0 Å². The molecule has 1 aromatic rings. The Balaban J connectivity index is 2.11. The molecule has 1 aliphatic rings. The van der Waals surface area contributed by atoms with Gasteiger partial charge in [-0.15, -0.1) is 4.49 Å². The van der Waals surface area contributed by atoms with E-state index >= 15 is 0 Å². The number of methoxy groups -OCH3 is 1. The maximum Gasteiger partial charge on any atom is 0.341 e. The zero-order valence-corrected chi connectivity index (χ0v) is 15.5. The van der Waals surface area contributed by atoms with Crippen molar-refractivity contribution in [1.29, 1.82) is 0 Å². The van der Waals surface area contributed by atoms with Crippen LogP contribution in [0.1, 0.15) is 23.2 Å². The van der Waals surface area contributed by atoms with Crippen LogP contribution >= 0.6 is 7.59 Å². The molecule has 1 unspecified atom stereocenters. The third-order valence-corrected chi connectivity index (χ3v) is 6.76. The number of piperidine rings is 1. The minimum Gasteiger partial charge on any atom is -0.497 e. The molecule has 2 rings (SSSR count). The minimum atomic E-state index is -4.88. The zero-order chi connectivity index (χ0) is 19.5. The van der Waals surface area contributed by atoms with E-state index in [0.717, 1.165) is 0 Å². The van der Waals surface area contributed by atoms with Crippen molar-refractivity contribution < 1.29 is 31.9 Å². The molecule has 1 fully saturated rings. The molecule has 1 aliphatic heterocycles. The number of rotatable bonds is 6. The molecule has 13 heteroatoms. The van der Waals surface area contributed by atoms with E-state index < -0.39 is 35.8 Å². The van der Waals surface area contributed by atoms with Gasteiger partial charge in [-0.05, 0) is 37.1 Å². The summed E-state index contributed by atoms with van der Waals surface area (Å²) >= 11 is 0. The van der Waals surface area contributed by atoms with Crippen LogP contribution in [0, 0.1) is 0 Å². The summed E-state index contributed by atoms with van der Waals surface area (Å²) in [6.45, 7) is -0.0793. The molecule has 0 aromatic heterocycles. The largest absolute Gasteiger partial charge is 0.497 e. The first-order valence-electron chi connectivity index (χ1n) is 7.45. The number of amides is 2. The molecule has 2 atom stereocenters. The van der Waals surface area contributed by atoms with Crippen molar-refractivity contribution in [3.63, 3.8) is 0 Å². The summed E-state index contributed by atoms with van der Waals surface area (Å²) in [6.07, 6.45) is 0.594. The van der Waals surface area contributed by atoms with Gasteiger partial charge in [0.05, 0.1) is 7.11 Å². The van der Waals surface area contributed by atoms with E-state index in [9.17, 15) is 22.6 Å². The normalized spacial score (nSPS) is 20.3. The molecule has 11 nitrogen and oxygen atoms in total. The third kappa shape index (κ3) is 5.02. The van der Waals surface area contributed by atoms with Crippen LogP contribution in [0.5, 0.6) is 5.75 Å². The molecule has 144 valence electrons. The van der Waals surface area contributed by atoms with Crippen LogP contribution in [0.3, 0.4) is 0 Å². The topological polar surface area (TPSA) is 168 Å². The predicted octanol–water partition coefficient (Wildman–Crippen LogP) is -0.125. The smallest absolute Gasteiger partial charge is 0.341 e. The van der Waals surface area contributed by atoms with Crippen LogP contribution in [-0.4, -0.2) is 49.2 Å². The lowest BCUT2D eigenvalue weighted by Crippen LogP contribution is -2.53. The van der Waals surface area contributed by atoms with Gasteiger partial charge in [-0.2, -0.15) is 8.42 Å². The van der Waals surface area contributed by atoms with Crippen molar-refractivity contribution >= 4 is 29.7 Å². The molecule has 5 N–H and O–H groups in total. The maximum atomic E-state index is 12.4. The minimum absolute atomic E-state index is 0.0793. The fraction of sp³-hybridized carbons (Fsp3) is 0.385. The number of nitrogens with two attached hydrogens (primary N) is 1. The van der Waals surface area contributed by atoms with Crippen LogP contribution in [-0.2, 0) is 19.7 Å². The van der Waals surface area contributed by atoms with Crippen molar-refractivity contribution in [3.05, 3.63) is 29.8 Å². The van der Waals surface area contributed by atoms with E-state index in [1.165, 1.54) is 23.7 Å². The van der Waals surface area contributed by atoms with Crippen LogP contribution in [0.4, 0.5) is 0 Å². The van der Waals surface area contributed by atoms with E-state index in [2.05, 4.69) is 5.32 Å². The number of carbonyl (C=O) groups excluding carboxylic acids is 2. The molecule has 1 heterocycles. The van der Waals surface area contributed by atoms with Crippen LogP contribution in [0.2, 0.25) is 0 Å². The summed E-state index contributed by atoms with van der Waals surface area (Å²) in [7, 11) is -7.77. The van der Waals surface area contributed by atoms with Crippen LogP contribution < -0.4 is 20.1 Å². The molecular weight excluding hydrogens is 387 g/mol. The third-order valence-electron chi connectivity index (χ3n) is 3.68. The van der Waals surface area contributed by atoms with E-state index in [4.69, 9.17) is 14.8 Å². The molecule has 0 saturated carbocycles. The second kappa shape index (κ2) is 7.72. The SMILES string of the molecule is COc1ccc(C(=O)N[C@H]2CCCN(P(N)(=O)NS(=O)(=O)O)C2=O)cc1. The van der Waals surface area contributed by atoms with Crippen molar-refractivity contribution in [2.24, 2.45) is 5.50 Å². The number of ether oxygens (including phenoxy) is 1. The summed E-state index contributed by atoms with van der Waals surface area (Å²) < 4.78 is 49.7.